The lowest BCUT2D eigenvalue weighted by molar-refractivity contribution is -0.575. The lowest BCUT2D eigenvalue weighted by atomic mass is 10.1. The van der Waals surface area contributed by atoms with E-state index in [1.807, 2.05) is 25.2 Å². The van der Waals surface area contributed by atoms with E-state index in [9.17, 15) is 5.21 Å². The molecule has 2 aromatic carbocycles. The molecule has 0 aliphatic carbocycles. The standard InChI is InChI=1S/C31H41N3O3/c1-3-4-17-30-32-28-24-34(35)29-19-18-26(23-27(29)31(28)33(30)2)37-22-12-6-5-11-20-36-21-13-10-16-25-14-8-7-9-15-25/h7-9,14-15,18-19,23-24H,3-6,10-13,16-17,20-22H2,1-2H3. The molecule has 37 heavy (non-hydrogen) atoms. The molecule has 4 aromatic rings. The normalized spacial score (nSPS) is 11.5. The van der Waals surface area contributed by atoms with Crippen LogP contribution in [0, 0.1) is 5.21 Å². The van der Waals surface area contributed by atoms with E-state index in [4.69, 9.17) is 14.5 Å². The largest absolute Gasteiger partial charge is 0.618 e. The second-order valence-corrected chi connectivity index (χ2v) is 9.88. The van der Waals surface area contributed by atoms with Gasteiger partial charge in [-0.3, -0.25) is 0 Å². The quantitative estimate of drug-likeness (QED) is 0.0972. The smallest absolute Gasteiger partial charge is 0.226 e. The van der Waals surface area contributed by atoms with Gasteiger partial charge in [0.25, 0.3) is 0 Å². The number of unbranched alkanes of at least 4 members (excludes halogenated alkanes) is 5. The molecule has 0 radical (unpaired) electrons. The predicted octanol–water partition coefficient (Wildman–Crippen LogP) is 6.68. The molecule has 0 atom stereocenters. The zero-order chi connectivity index (χ0) is 25.9. The fourth-order valence-corrected chi connectivity index (χ4v) is 4.83. The van der Waals surface area contributed by atoms with E-state index in [1.54, 1.807) is 6.20 Å². The Morgan fingerprint density at radius 1 is 0.865 bits per heavy atom. The highest BCUT2D eigenvalue weighted by molar-refractivity contribution is 6.01. The van der Waals surface area contributed by atoms with Crippen molar-refractivity contribution in [2.75, 3.05) is 19.8 Å². The molecule has 0 spiro atoms. The first kappa shape index (κ1) is 26.9. The number of aromatic nitrogens is 3. The molecule has 0 saturated carbocycles. The molecule has 0 unspecified atom stereocenters. The molecule has 198 valence electrons. The number of nitrogens with zero attached hydrogens (tertiary/aromatic N) is 3. The Hall–Kier alpha value is -3.12. The molecule has 0 bridgehead atoms. The number of pyridine rings is 1. The van der Waals surface area contributed by atoms with Gasteiger partial charge in [0.15, 0.2) is 5.52 Å². The zero-order valence-electron chi connectivity index (χ0n) is 22.5. The number of aryl methyl sites for hydroxylation is 3. The van der Waals surface area contributed by atoms with Gasteiger partial charge in [0.1, 0.15) is 11.6 Å². The molecule has 0 saturated heterocycles. The number of fused-ring (bicyclic) bond motifs is 3. The Bertz CT molecular complexity index is 1250. The highest BCUT2D eigenvalue weighted by Gasteiger charge is 2.17. The van der Waals surface area contributed by atoms with Gasteiger partial charge in [-0.2, -0.15) is 4.73 Å². The summed E-state index contributed by atoms with van der Waals surface area (Å²) in [5.41, 5.74) is 3.79. The molecule has 6 heteroatoms. The molecule has 0 fully saturated rings. The Morgan fingerprint density at radius 2 is 1.62 bits per heavy atom. The van der Waals surface area contributed by atoms with Crippen LogP contribution in [0.15, 0.2) is 54.7 Å². The molecular weight excluding hydrogens is 462 g/mol. The second kappa shape index (κ2) is 14.0. The van der Waals surface area contributed by atoms with Crippen LogP contribution >= 0.6 is 0 Å². The molecule has 2 heterocycles. The second-order valence-electron chi connectivity index (χ2n) is 9.88. The summed E-state index contributed by atoms with van der Waals surface area (Å²) in [4.78, 5) is 4.73. The van der Waals surface area contributed by atoms with Gasteiger partial charge in [-0.1, -0.05) is 50.1 Å². The summed E-state index contributed by atoms with van der Waals surface area (Å²) >= 11 is 0. The zero-order valence-corrected chi connectivity index (χ0v) is 22.5. The van der Waals surface area contributed by atoms with Crippen molar-refractivity contribution in [1.29, 1.82) is 0 Å². The average Bonchev–Trinajstić information content (AvgIpc) is 3.23. The summed E-state index contributed by atoms with van der Waals surface area (Å²) in [6, 6.07) is 16.4. The van der Waals surface area contributed by atoms with E-state index in [0.717, 1.165) is 104 Å². The summed E-state index contributed by atoms with van der Waals surface area (Å²) in [7, 11) is 2.04. The number of rotatable bonds is 16. The van der Waals surface area contributed by atoms with Crippen LogP contribution < -0.4 is 9.47 Å². The van der Waals surface area contributed by atoms with Crippen molar-refractivity contribution >= 4 is 21.9 Å². The van der Waals surface area contributed by atoms with Crippen LogP contribution in [0.4, 0.5) is 0 Å². The van der Waals surface area contributed by atoms with Crippen LogP contribution in [-0.4, -0.2) is 29.4 Å². The van der Waals surface area contributed by atoms with Gasteiger partial charge < -0.3 is 19.2 Å². The molecule has 0 amide bonds. The maximum absolute atomic E-state index is 12.6. The van der Waals surface area contributed by atoms with Crippen molar-refractivity contribution in [3.8, 4) is 5.75 Å². The van der Waals surface area contributed by atoms with E-state index in [0.29, 0.717) is 12.1 Å². The van der Waals surface area contributed by atoms with Crippen LogP contribution in [0.3, 0.4) is 0 Å². The van der Waals surface area contributed by atoms with Gasteiger partial charge >= 0.3 is 0 Å². The third-order valence-electron chi connectivity index (χ3n) is 6.97. The van der Waals surface area contributed by atoms with Crippen molar-refractivity contribution in [1.82, 2.24) is 9.55 Å². The van der Waals surface area contributed by atoms with Gasteiger partial charge in [-0.25, -0.2) is 4.98 Å². The molecule has 2 aromatic heterocycles. The van der Waals surface area contributed by atoms with E-state index >= 15 is 0 Å². The fourth-order valence-electron chi connectivity index (χ4n) is 4.83. The monoisotopic (exact) mass is 503 g/mol. The lowest BCUT2D eigenvalue weighted by Crippen LogP contribution is -2.26. The van der Waals surface area contributed by atoms with Crippen molar-refractivity contribution in [3.05, 3.63) is 71.3 Å². The first-order valence-corrected chi connectivity index (χ1v) is 13.9. The first-order valence-electron chi connectivity index (χ1n) is 13.9. The van der Waals surface area contributed by atoms with Crippen LogP contribution in [0.2, 0.25) is 0 Å². The molecule has 0 aliphatic rings. The Balaban J connectivity index is 1.16. The topological polar surface area (TPSA) is 63.2 Å². The highest BCUT2D eigenvalue weighted by Crippen LogP contribution is 2.27. The van der Waals surface area contributed by atoms with Gasteiger partial charge in [0.2, 0.25) is 11.7 Å². The van der Waals surface area contributed by atoms with Gasteiger partial charge in [-0.05, 0) is 62.6 Å². The first-order chi connectivity index (χ1) is 18.2. The van der Waals surface area contributed by atoms with Crippen molar-refractivity contribution in [2.24, 2.45) is 7.05 Å². The summed E-state index contributed by atoms with van der Waals surface area (Å²) in [6.45, 7) is 4.54. The maximum Gasteiger partial charge on any atom is 0.226 e. The summed E-state index contributed by atoms with van der Waals surface area (Å²) in [5.74, 6) is 1.82. The molecule has 6 nitrogen and oxygen atoms in total. The van der Waals surface area contributed by atoms with E-state index in [-0.39, 0.29) is 0 Å². The third kappa shape index (κ3) is 7.45. The van der Waals surface area contributed by atoms with Gasteiger partial charge in [0.05, 0.1) is 17.5 Å². The number of hydrogen-bond acceptors (Lipinski definition) is 4. The minimum atomic E-state index is 0.643. The van der Waals surface area contributed by atoms with Gasteiger partial charge in [-0.15, -0.1) is 0 Å². The number of ether oxygens (including phenoxy) is 2. The molecular formula is C31H41N3O3. The SMILES string of the molecule is CCCCc1nc2c[n+]([O-])c3ccc(OCCCCCCOCCCCc4ccccc4)cc3c2n1C. The Kier molecular flexibility index (Phi) is 10.2. The third-order valence-corrected chi connectivity index (χ3v) is 6.97. The van der Waals surface area contributed by atoms with Crippen LogP contribution in [-0.2, 0) is 24.6 Å². The summed E-state index contributed by atoms with van der Waals surface area (Å²) < 4.78 is 14.9. The number of imidazole rings is 1. The van der Waals surface area contributed by atoms with Gasteiger partial charge in [0, 0.05) is 32.7 Å². The van der Waals surface area contributed by atoms with Crippen LogP contribution in [0.25, 0.3) is 21.9 Å². The van der Waals surface area contributed by atoms with Crippen molar-refractivity contribution < 1.29 is 14.2 Å². The lowest BCUT2D eigenvalue weighted by Gasteiger charge is -2.09. The Morgan fingerprint density at radius 3 is 2.41 bits per heavy atom. The molecule has 0 aliphatic heterocycles. The predicted molar refractivity (Wildman–Crippen MR) is 150 cm³/mol. The number of hydrogen-bond donors (Lipinski definition) is 0. The summed E-state index contributed by atoms with van der Waals surface area (Å²) in [6.07, 6.45) is 12.5. The highest BCUT2D eigenvalue weighted by atomic mass is 16.5. The minimum absolute atomic E-state index is 0.643. The fraction of sp³-hybridized carbons (Fsp3) is 0.484. The summed E-state index contributed by atoms with van der Waals surface area (Å²) in [5, 5.41) is 13.5. The molecule has 0 N–H and O–H groups in total. The number of benzene rings is 2. The van der Waals surface area contributed by atoms with E-state index < -0.39 is 0 Å². The van der Waals surface area contributed by atoms with E-state index in [1.165, 1.54) is 12.0 Å². The Labute approximate surface area is 220 Å². The van der Waals surface area contributed by atoms with Crippen LogP contribution in [0.5, 0.6) is 5.75 Å². The van der Waals surface area contributed by atoms with E-state index in [2.05, 4.69) is 41.8 Å². The van der Waals surface area contributed by atoms with Crippen LogP contribution in [0.1, 0.15) is 69.7 Å². The maximum atomic E-state index is 12.6. The molecule has 4 rings (SSSR count). The van der Waals surface area contributed by atoms with Crippen molar-refractivity contribution in [2.45, 2.75) is 71.1 Å². The average molecular weight is 504 g/mol. The minimum Gasteiger partial charge on any atom is -0.618 e. The van der Waals surface area contributed by atoms with Crippen molar-refractivity contribution in [3.63, 3.8) is 0 Å².